The van der Waals surface area contributed by atoms with Crippen LogP contribution in [0.2, 0.25) is 0 Å². The van der Waals surface area contributed by atoms with Gasteiger partial charge < -0.3 is 4.74 Å². The second-order valence-electron chi connectivity index (χ2n) is 3.31. The fraction of sp³-hybridized carbons (Fsp3) is 0.182. The van der Waals surface area contributed by atoms with Crippen molar-refractivity contribution < 1.29 is 9.53 Å². The van der Waals surface area contributed by atoms with Gasteiger partial charge in [-0.3, -0.25) is 10.1 Å². The van der Waals surface area contributed by atoms with Crippen molar-refractivity contribution in [1.82, 2.24) is 9.36 Å². The van der Waals surface area contributed by atoms with E-state index in [2.05, 4.69) is 14.7 Å². The molecule has 0 atom stereocenters. The van der Waals surface area contributed by atoms with Gasteiger partial charge in [-0.05, 0) is 23.7 Å². The van der Waals surface area contributed by atoms with Crippen molar-refractivity contribution in [2.45, 2.75) is 0 Å². The van der Waals surface area contributed by atoms with Crippen molar-refractivity contribution in [1.29, 1.82) is 0 Å². The van der Waals surface area contributed by atoms with Gasteiger partial charge in [-0.15, -0.1) is 11.6 Å². The number of anilines is 1. The Morgan fingerprint density at radius 1 is 1.50 bits per heavy atom. The van der Waals surface area contributed by atoms with Crippen LogP contribution in [-0.2, 0) is 4.79 Å². The highest BCUT2D eigenvalue weighted by atomic mass is 35.5. The zero-order chi connectivity index (χ0) is 13.0. The summed E-state index contributed by atoms with van der Waals surface area (Å²) in [7, 11) is 1.59. The molecule has 0 unspecified atom stereocenters. The van der Waals surface area contributed by atoms with Crippen LogP contribution in [0.5, 0.6) is 5.75 Å². The number of carbonyl (C=O) groups is 1. The van der Waals surface area contributed by atoms with E-state index >= 15 is 0 Å². The summed E-state index contributed by atoms with van der Waals surface area (Å²) in [6.45, 7) is 0. The molecule has 1 heterocycles. The molecule has 94 valence electrons. The molecule has 1 amide bonds. The van der Waals surface area contributed by atoms with Crippen LogP contribution in [0.15, 0.2) is 24.3 Å². The lowest BCUT2D eigenvalue weighted by atomic mass is 10.2. The third kappa shape index (κ3) is 2.77. The number of methoxy groups -OCH3 is 1. The minimum atomic E-state index is -0.332. The van der Waals surface area contributed by atoms with Gasteiger partial charge in [0.1, 0.15) is 16.6 Å². The van der Waals surface area contributed by atoms with Crippen LogP contribution < -0.4 is 10.1 Å². The Hall–Kier alpha value is -1.66. The molecule has 0 aliphatic carbocycles. The summed E-state index contributed by atoms with van der Waals surface area (Å²) in [5, 5.41) is 3.17. The average molecular weight is 284 g/mol. The van der Waals surface area contributed by atoms with Gasteiger partial charge in [-0.25, -0.2) is 0 Å². The van der Waals surface area contributed by atoms with Crippen LogP contribution in [0.25, 0.3) is 10.6 Å². The van der Waals surface area contributed by atoms with E-state index in [4.69, 9.17) is 16.3 Å². The van der Waals surface area contributed by atoms with Gasteiger partial charge in [0.2, 0.25) is 11.9 Å². The highest BCUT2D eigenvalue weighted by molar-refractivity contribution is 7.09. The van der Waals surface area contributed by atoms with Crippen molar-refractivity contribution >= 4 is 35.0 Å². The maximum absolute atomic E-state index is 11.1. The molecule has 1 aromatic carbocycles. The molecule has 0 bridgehead atoms. The molecular weight excluding hydrogens is 274 g/mol. The van der Waals surface area contributed by atoms with Crippen molar-refractivity contribution in [2.24, 2.45) is 0 Å². The van der Waals surface area contributed by atoms with Crippen LogP contribution in [0, 0.1) is 0 Å². The number of benzene rings is 1. The van der Waals surface area contributed by atoms with E-state index in [0.29, 0.717) is 10.8 Å². The van der Waals surface area contributed by atoms with Gasteiger partial charge in [0.15, 0.2) is 0 Å². The number of para-hydroxylation sites is 1. The standard InChI is InChI=1S/C11H10ClN3O2S/c1-17-8-5-3-2-4-7(8)10-14-11(15-18-10)13-9(16)6-12/h2-5H,6H2,1H3,(H,13,15,16). The summed E-state index contributed by atoms with van der Waals surface area (Å²) >= 11 is 6.57. The van der Waals surface area contributed by atoms with E-state index in [0.717, 1.165) is 5.56 Å². The Balaban J connectivity index is 2.26. The summed E-state index contributed by atoms with van der Waals surface area (Å²) in [5.74, 6) is 0.514. The first kappa shape index (κ1) is 12.8. The molecule has 5 nitrogen and oxygen atoms in total. The first-order chi connectivity index (χ1) is 8.74. The number of halogens is 1. The topological polar surface area (TPSA) is 64.1 Å². The number of hydrogen-bond donors (Lipinski definition) is 1. The van der Waals surface area contributed by atoms with E-state index in [9.17, 15) is 4.79 Å². The van der Waals surface area contributed by atoms with Crippen LogP contribution in [0.4, 0.5) is 5.95 Å². The number of nitrogens with one attached hydrogen (secondary N) is 1. The number of rotatable bonds is 4. The molecule has 0 fully saturated rings. The molecule has 18 heavy (non-hydrogen) atoms. The fourth-order valence-electron chi connectivity index (χ4n) is 1.36. The van der Waals surface area contributed by atoms with Gasteiger partial charge in [-0.2, -0.15) is 9.36 Å². The predicted molar refractivity (Wildman–Crippen MR) is 71.2 cm³/mol. The third-order valence-electron chi connectivity index (χ3n) is 2.14. The van der Waals surface area contributed by atoms with Gasteiger partial charge in [0.05, 0.1) is 12.7 Å². The zero-order valence-electron chi connectivity index (χ0n) is 9.51. The molecular formula is C11H10ClN3O2S. The molecule has 2 rings (SSSR count). The smallest absolute Gasteiger partial charge is 0.241 e. The molecule has 0 spiro atoms. The SMILES string of the molecule is COc1ccccc1-c1nc(NC(=O)CCl)ns1. The van der Waals surface area contributed by atoms with E-state index in [1.165, 1.54) is 11.5 Å². The second-order valence-corrected chi connectivity index (χ2v) is 4.32. The number of amides is 1. The number of nitrogens with zero attached hydrogens (tertiary/aromatic N) is 2. The number of alkyl halides is 1. The Kier molecular flexibility index (Phi) is 4.11. The molecule has 1 aromatic heterocycles. The molecule has 0 radical (unpaired) electrons. The highest BCUT2D eigenvalue weighted by Crippen LogP contribution is 2.31. The Morgan fingerprint density at radius 2 is 2.28 bits per heavy atom. The lowest BCUT2D eigenvalue weighted by Gasteiger charge is -2.03. The van der Waals surface area contributed by atoms with Crippen molar-refractivity contribution in [2.75, 3.05) is 18.3 Å². The van der Waals surface area contributed by atoms with Gasteiger partial charge in [0.25, 0.3) is 0 Å². The highest BCUT2D eigenvalue weighted by Gasteiger charge is 2.12. The molecule has 1 N–H and O–H groups in total. The molecule has 0 aliphatic rings. The third-order valence-corrected chi connectivity index (χ3v) is 3.13. The largest absolute Gasteiger partial charge is 0.496 e. The summed E-state index contributed by atoms with van der Waals surface area (Å²) < 4.78 is 9.28. The Morgan fingerprint density at radius 3 is 3.00 bits per heavy atom. The minimum absolute atomic E-state index is 0.122. The summed E-state index contributed by atoms with van der Waals surface area (Å²) in [5.41, 5.74) is 0.837. The van der Waals surface area contributed by atoms with Gasteiger partial charge in [0, 0.05) is 0 Å². The Labute approximate surface area is 113 Å². The first-order valence-corrected chi connectivity index (χ1v) is 6.38. The predicted octanol–water partition coefficient (Wildman–Crippen LogP) is 2.39. The second kappa shape index (κ2) is 5.79. The number of hydrogen-bond acceptors (Lipinski definition) is 5. The average Bonchev–Trinajstić information content (AvgIpc) is 2.86. The first-order valence-electron chi connectivity index (χ1n) is 5.07. The number of aromatic nitrogens is 2. The van der Waals surface area contributed by atoms with Crippen molar-refractivity contribution in [3.05, 3.63) is 24.3 Å². The maximum atomic E-state index is 11.1. The van der Waals surface area contributed by atoms with E-state index in [1.54, 1.807) is 7.11 Å². The quantitative estimate of drug-likeness (QED) is 0.875. The van der Waals surface area contributed by atoms with E-state index in [-0.39, 0.29) is 17.7 Å². The van der Waals surface area contributed by atoms with Gasteiger partial charge in [-0.1, -0.05) is 12.1 Å². The lowest BCUT2D eigenvalue weighted by Crippen LogP contribution is -2.13. The molecule has 0 aliphatic heterocycles. The van der Waals surface area contributed by atoms with Crippen molar-refractivity contribution in [3.8, 4) is 16.3 Å². The molecule has 0 saturated carbocycles. The van der Waals surface area contributed by atoms with Crippen LogP contribution >= 0.6 is 23.1 Å². The zero-order valence-corrected chi connectivity index (χ0v) is 11.1. The Bertz CT molecular complexity index is 559. The van der Waals surface area contributed by atoms with Crippen LogP contribution in [0.3, 0.4) is 0 Å². The normalized spacial score (nSPS) is 10.1. The number of carbonyl (C=O) groups excluding carboxylic acids is 1. The molecule has 2 aromatic rings. The lowest BCUT2D eigenvalue weighted by molar-refractivity contribution is -0.114. The monoisotopic (exact) mass is 283 g/mol. The summed E-state index contributed by atoms with van der Waals surface area (Å²) in [6.07, 6.45) is 0. The molecule has 7 heteroatoms. The van der Waals surface area contributed by atoms with Crippen molar-refractivity contribution in [3.63, 3.8) is 0 Å². The minimum Gasteiger partial charge on any atom is -0.496 e. The number of ether oxygens (including phenoxy) is 1. The maximum Gasteiger partial charge on any atom is 0.241 e. The van der Waals surface area contributed by atoms with Crippen LogP contribution in [-0.4, -0.2) is 28.3 Å². The summed E-state index contributed by atoms with van der Waals surface area (Å²) in [6, 6.07) is 7.48. The fourth-order valence-corrected chi connectivity index (χ4v) is 2.08. The van der Waals surface area contributed by atoms with Crippen LogP contribution in [0.1, 0.15) is 0 Å². The summed E-state index contributed by atoms with van der Waals surface area (Å²) in [4.78, 5) is 15.3. The van der Waals surface area contributed by atoms with E-state index < -0.39 is 0 Å². The molecule has 0 saturated heterocycles. The van der Waals surface area contributed by atoms with E-state index in [1.807, 2.05) is 24.3 Å². The van der Waals surface area contributed by atoms with Gasteiger partial charge >= 0.3 is 0 Å².